The van der Waals surface area contributed by atoms with Gasteiger partial charge in [-0.15, -0.1) is 0 Å². The molecule has 1 atom stereocenters. The molecule has 2 N–H and O–H groups in total. The number of para-hydroxylation sites is 1. The van der Waals surface area contributed by atoms with Crippen LogP contribution in [0.15, 0.2) is 24.3 Å². The molecule has 0 spiro atoms. The molecule has 2 aliphatic rings. The van der Waals surface area contributed by atoms with Gasteiger partial charge in [-0.05, 0) is 44.2 Å². The normalized spacial score (nSPS) is 23.9. The smallest absolute Gasteiger partial charge is 0.0403 e. The molecular weight excluding hydrogens is 208 g/mol. The lowest BCUT2D eigenvalue weighted by Crippen LogP contribution is -2.41. The first-order valence-corrected chi connectivity index (χ1v) is 6.68. The van der Waals surface area contributed by atoms with Crippen molar-refractivity contribution in [2.24, 2.45) is 11.7 Å². The number of anilines is 1. The molecule has 0 bridgehead atoms. The topological polar surface area (TPSA) is 29.3 Å². The van der Waals surface area contributed by atoms with Crippen LogP contribution in [0.3, 0.4) is 0 Å². The highest BCUT2D eigenvalue weighted by molar-refractivity contribution is 5.61. The van der Waals surface area contributed by atoms with Gasteiger partial charge in [0.25, 0.3) is 0 Å². The highest BCUT2D eigenvalue weighted by Gasteiger charge is 2.38. The second kappa shape index (κ2) is 3.74. The average molecular weight is 230 g/mol. The maximum absolute atomic E-state index is 6.34. The van der Waals surface area contributed by atoms with Crippen molar-refractivity contribution >= 4 is 5.69 Å². The van der Waals surface area contributed by atoms with E-state index in [9.17, 15) is 0 Å². The molecule has 3 rings (SSSR count). The molecule has 1 heterocycles. The summed E-state index contributed by atoms with van der Waals surface area (Å²) in [4.78, 5) is 2.55. The maximum Gasteiger partial charge on any atom is 0.0403 e. The van der Waals surface area contributed by atoms with Crippen molar-refractivity contribution in [2.75, 3.05) is 18.0 Å². The van der Waals surface area contributed by atoms with Crippen molar-refractivity contribution in [2.45, 2.75) is 38.1 Å². The molecular formula is C15H22N2. The van der Waals surface area contributed by atoms with Gasteiger partial charge in [-0.2, -0.15) is 0 Å². The van der Waals surface area contributed by atoms with E-state index in [0.717, 1.165) is 12.5 Å². The lowest BCUT2D eigenvalue weighted by Gasteiger charge is -2.28. The monoisotopic (exact) mass is 230 g/mol. The van der Waals surface area contributed by atoms with Crippen LogP contribution in [0.1, 0.15) is 38.2 Å². The van der Waals surface area contributed by atoms with Crippen LogP contribution in [0, 0.1) is 5.92 Å². The highest BCUT2D eigenvalue weighted by Crippen LogP contribution is 2.43. The average Bonchev–Trinajstić information content (AvgIpc) is 2.99. The van der Waals surface area contributed by atoms with Crippen molar-refractivity contribution in [1.29, 1.82) is 0 Å². The van der Waals surface area contributed by atoms with Gasteiger partial charge in [0.15, 0.2) is 0 Å². The number of nitrogens with two attached hydrogens (primary N) is 1. The molecule has 2 heteroatoms. The fraction of sp³-hybridized carbons (Fsp3) is 0.600. The molecule has 0 amide bonds. The number of nitrogens with zero attached hydrogens (tertiary/aromatic N) is 1. The summed E-state index contributed by atoms with van der Waals surface area (Å²) in [5, 5.41) is 0. The Balaban J connectivity index is 1.91. The van der Waals surface area contributed by atoms with E-state index in [2.05, 4.69) is 43.0 Å². The summed E-state index contributed by atoms with van der Waals surface area (Å²) in [5.74, 6) is 1.40. The standard InChI is InChI=1S/C15H22N2/c1-15(2,16)13-10-17(9-11-7-8-11)14-6-4-3-5-12(13)14/h3-6,11,13H,7-10,16H2,1-2H3. The Morgan fingerprint density at radius 1 is 1.29 bits per heavy atom. The Bertz CT molecular complexity index is 415. The van der Waals surface area contributed by atoms with Gasteiger partial charge in [-0.1, -0.05) is 18.2 Å². The van der Waals surface area contributed by atoms with Crippen LogP contribution in [0.4, 0.5) is 5.69 Å². The van der Waals surface area contributed by atoms with Crippen molar-refractivity contribution in [3.8, 4) is 0 Å². The van der Waals surface area contributed by atoms with Gasteiger partial charge >= 0.3 is 0 Å². The van der Waals surface area contributed by atoms with Gasteiger partial charge in [-0.3, -0.25) is 0 Å². The van der Waals surface area contributed by atoms with E-state index in [1.807, 2.05) is 0 Å². The second-order valence-corrected chi connectivity index (χ2v) is 6.28. The number of hydrogen-bond acceptors (Lipinski definition) is 2. The van der Waals surface area contributed by atoms with Crippen LogP contribution in [0.25, 0.3) is 0 Å². The molecule has 1 aromatic carbocycles. The quantitative estimate of drug-likeness (QED) is 0.865. The summed E-state index contributed by atoms with van der Waals surface area (Å²) in [6.07, 6.45) is 2.82. The first-order valence-electron chi connectivity index (χ1n) is 6.68. The maximum atomic E-state index is 6.34. The van der Waals surface area contributed by atoms with Crippen molar-refractivity contribution in [3.63, 3.8) is 0 Å². The van der Waals surface area contributed by atoms with Gasteiger partial charge < -0.3 is 10.6 Å². The molecule has 92 valence electrons. The van der Waals surface area contributed by atoms with E-state index in [1.54, 1.807) is 0 Å². The lowest BCUT2D eigenvalue weighted by molar-refractivity contribution is 0.423. The molecule has 1 aromatic rings. The minimum Gasteiger partial charge on any atom is -0.370 e. The second-order valence-electron chi connectivity index (χ2n) is 6.28. The Kier molecular flexibility index (Phi) is 2.44. The predicted octanol–water partition coefficient (Wildman–Crippen LogP) is 2.74. The Hall–Kier alpha value is -1.02. The number of fused-ring (bicyclic) bond motifs is 1. The van der Waals surface area contributed by atoms with E-state index >= 15 is 0 Å². The Morgan fingerprint density at radius 3 is 2.65 bits per heavy atom. The molecule has 1 unspecified atom stereocenters. The van der Waals surface area contributed by atoms with Crippen LogP contribution >= 0.6 is 0 Å². The van der Waals surface area contributed by atoms with Crippen LogP contribution in [0.2, 0.25) is 0 Å². The van der Waals surface area contributed by atoms with E-state index < -0.39 is 0 Å². The molecule has 0 radical (unpaired) electrons. The molecule has 0 aromatic heterocycles. The van der Waals surface area contributed by atoms with Gasteiger partial charge in [0.05, 0.1) is 0 Å². The SMILES string of the molecule is CC(C)(N)C1CN(CC2CC2)c2ccccc21. The van der Waals surface area contributed by atoms with E-state index in [1.165, 1.54) is 30.6 Å². The lowest BCUT2D eigenvalue weighted by atomic mass is 9.84. The fourth-order valence-electron chi connectivity index (χ4n) is 2.91. The number of hydrogen-bond donors (Lipinski definition) is 1. The van der Waals surface area contributed by atoms with E-state index in [-0.39, 0.29) is 5.54 Å². The number of benzene rings is 1. The zero-order valence-corrected chi connectivity index (χ0v) is 10.8. The molecule has 2 nitrogen and oxygen atoms in total. The van der Waals surface area contributed by atoms with Gasteiger partial charge in [0.2, 0.25) is 0 Å². The molecule has 1 aliphatic carbocycles. The third-order valence-electron chi connectivity index (χ3n) is 4.13. The summed E-state index contributed by atoms with van der Waals surface area (Å²) in [6, 6.07) is 8.79. The third-order valence-corrected chi connectivity index (χ3v) is 4.13. The molecule has 1 aliphatic heterocycles. The molecule has 1 saturated carbocycles. The summed E-state index contributed by atoms with van der Waals surface area (Å²) in [7, 11) is 0. The van der Waals surface area contributed by atoms with Gasteiger partial charge in [0.1, 0.15) is 0 Å². The van der Waals surface area contributed by atoms with Gasteiger partial charge in [-0.25, -0.2) is 0 Å². The van der Waals surface area contributed by atoms with Crippen molar-refractivity contribution in [3.05, 3.63) is 29.8 Å². The number of rotatable bonds is 3. The first-order chi connectivity index (χ1) is 8.05. The Labute approximate surface area is 104 Å². The van der Waals surface area contributed by atoms with Crippen LogP contribution in [-0.4, -0.2) is 18.6 Å². The predicted molar refractivity (Wildman–Crippen MR) is 72.4 cm³/mol. The largest absolute Gasteiger partial charge is 0.370 e. The Morgan fingerprint density at radius 2 is 2.00 bits per heavy atom. The first kappa shape index (κ1) is 11.1. The zero-order chi connectivity index (χ0) is 12.0. The molecule has 0 saturated heterocycles. The van der Waals surface area contributed by atoms with Crippen molar-refractivity contribution < 1.29 is 0 Å². The van der Waals surface area contributed by atoms with E-state index in [4.69, 9.17) is 5.73 Å². The zero-order valence-electron chi connectivity index (χ0n) is 10.8. The summed E-state index contributed by atoms with van der Waals surface area (Å²) >= 11 is 0. The minimum atomic E-state index is -0.131. The van der Waals surface area contributed by atoms with Crippen LogP contribution in [-0.2, 0) is 0 Å². The highest BCUT2D eigenvalue weighted by atomic mass is 15.2. The molecule has 1 fully saturated rings. The van der Waals surface area contributed by atoms with E-state index in [0.29, 0.717) is 5.92 Å². The summed E-state index contributed by atoms with van der Waals surface area (Å²) in [6.45, 7) is 6.62. The summed E-state index contributed by atoms with van der Waals surface area (Å²) < 4.78 is 0. The van der Waals surface area contributed by atoms with Gasteiger partial charge in [0, 0.05) is 30.2 Å². The van der Waals surface area contributed by atoms with Crippen molar-refractivity contribution in [1.82, 2.24) is 0 Å². The summed E-state index contributed by atoms with van der Waals surface area (Å²) in [5.41, 5.74) is 9.07. The third kappa shape index (κ3) is 2.06. The fourth-order valence-corrected chi connectivity index (χ4v) is 2.91. The minimum absolute atomic E-state index is 0.131. The van der Waals surface area contributed by atoms with Crippen LogP contribution < -0.4 is 10.6 Å². The van der Waals surface area contributed by atoms with Crippen LogP contribution in [0.5, 0.6) is 0 Å². The molecule has 17 heavy (non-hydrogen) atoms.